The molecular formula is C17H19N5O2S. The van der Waals surface area contributed by atoms with Crippen molar-refractivity contribution >= 4 is 22.3 Å². The highest BCUT2D eigenvalue weighted by Crippen LogP contribution is 2.26. The van der Waals surface area contributed by atoms with Crippen molar-refractivity contribution in [1.82, 2.24) is 14.1 Å². The summed E-state index contributed by atoms with van der Waals surface area (Å²) in [6, 6.07) is 9.52. The highest BCUT2D eigenvalue weighted by Gasteiger charge is 2.20. The molecule has 0 unspecified atom stereocenters. The number of nitrogens with one attached hydrogen (secondary N) is 1. The molecule has 0 amide bonds. The summed E-state index contributed by atoms with van der Waals surface area (Å²) in [5, 5.41) is 5.38. The number of rotatable bonds is 5. The van der Waals surface area contributed by atoms with E-state index in [-0.39, 0.29) is 17.9 Å². The third-order valence-electron chi connectivity index (χ3n) is 3.94. The summed E-state index contributed by atoms with van der Waals surface area (Å²) < 4.78 is 2.61. The van der Waals surface area contributed by atoms with Crippen LogP contribution in [0.2, 0.25) is 0 Å². The van der Waals surface area contributed by atoms with Crippen LogP contribution >= 0.6 is 11.3 Å². The lowest BCUT2D eigenvalue weighted by Gasteiger charge is -2.15. The molecule has 0 aliphatic heterocycles. The van der Waals surface area contributed by atoms with Gasteiger partial charge in [0.2, 0.25) is 0 Å². The van der Waals surface area contributed by atoms with Gasteiger partial charge in [-0.05, 0) is 12.5 Å². The number of hydrogen-bond donors (Lipinski definition) is 2. The van der Waals surface area contributed by atoms with Gasteiger partial charge in [0.25, 0.3) is 5.56 Å². The fourth-order valence-corrected chi connectivity index (χ4v) is 3.32. The van der Waals surface area contributed by atoms with Gasteiger partial charge in [0, 0.05) is 19.0 Å². The Labute approximate surface area is 148 Å². The summed E-state index contributed by atoms with van der Waals surface area (Å²) in [5.74, 6) is 0.136. The van der Waals surface area contributed by atoms with Gasteiger partial charge in [-0.25, -0.2) is 9.78 Å². The van der Waals surface area contributed by atoms with Crippen molar-refractivity contribution < 1.29 is 0 Å². The lowest BCUT2D eigenvalue weighted by atomic mass is 10.2. The van der Waals surface area contributed by atoms with E-state index in [4.69, 9.17) is 5.73 Å². The predicted octanol–water partition coefficient (Wildman–Crippen LogP) is 1.83. The zero-order chi connectivity index (χ0) is 18.0. The van der Waals surface area contributed by atoms with Crippen molar-refractivity contribution in [1.29, 1.82) is 0 Å². The van der Waals surface area contributed by atoms with E-state index in [1.807, 2.05) is 30.3 Å². The molecule has 0 radical (unpaired) electrons. The molecule has 0 aliphatic carbocycles. The maximum atomic E-state index is 12.8. The fourth-order valence-electron chi connectivity index (χ4n) is 2.66. The molecule has 0 saturated carbocycles. The van der Waals surface area contributed by atoms with Gasteiger partial charge in [-0.2, -0.15) is 0 Å². The van der Waals surface area contributed by atoms with E-state index < -0.39 is 11.2 Å². The quantitative estimate of drug-likeness (QED) is 0.726. The molecule has 7 nitrogen and oxygen atoms in total. The smallest absolute Gasteiger partial charge is 0.332 e. The number of aromatic nitrogens is 3. The first-order chi connectivity index (χ1) is 12.1. The molecule has 0 aliphatic rings. The van der Waals surface area contributed by atoms with Crippen LogP contribution in [0.25, 0.3) is 11.3 Å². The average molecular weight is 357 g/mol. The van der Waals surface area contributed by atoms with Crippen LogP contribution in [0.15, 0.2) is 45.3 Å². The number of nitrogens with zero attached hydrogens (tertiary/aromatic N) is 3. The molecule has 1 aromatic carbocycles. The summed E-state index contributed by atoms with van der Waals surface area (Å²) in [4.78, 5) is 29.8. The normalized spacial score (nSPS) is 10.8. The second kappa shape index (κ2) is 6.94. The molecular weight excluding hydrogens is 338 g/mol. The van der Waals surface area contributed by atoms with E-state index in [0.717, 1.165) is 5.56 Å². The Morgan fingerprint density at radius 1 is 1.20 bits per heavy atom. The summed E-state index contributed by atoms with van der Waals surface area (Å²) in [6.07, 6.45) is 0. The molecule has 25 heavy (non-hydrogen) atoms. The Morgan fingerprint density at radius 2 is 1.92 bits per heavy atom. The zero-order valence-electron chi connectivity index (χ0n) is 14.0. The molecule has 0 saturated heterocycles. The van der Waals surface area contributed by atoms with Crippen LogP contribution in [0.1, 0.15) is 12.5 Å². The Morgan fingerprint density at radius 3 is 2.52 bits per heavy atom. The highest BCUT2D eigenvalue weighted by molar-refractivity contribution is 7.14. The Balaban J connectivity index is 2.23. The molecule has 3 N–H and O–H groups in total. The van der Waals surface area contributed by atoms with Crippen molar-refractivity contribution in [3.8, 4) is 11.3 Å². The van der Waals surface area contributed by atoms with Crippen molar-refractivity contribution in [2.75, 3.05) is 18.1 Å². The molecule has 8 heteroatoms. The predicted molar refractivity (Wildman–Crippen MR) is 101 cm³/mol. The first kappa shape index (κ1) is 17.0. The molecule has 3 rings (SSSR count). The van der Waals surface area contributed by atoms with E-state index >= 15 is 0 Å². The summed E-state index contributed by atoms with van der Waals surface area (Å²) in [5.41, 5.74) is 7.06. The third-order valence-corrected chi connectivity index (χ3v) is 4.80. The van der Waals surface area contributed by atoms with Gasteiger partial charge >= 0.3 is 5.69 Å². The molecule has 2 heterocycles. The molecule has 0 fully saturated rings. The topological polar surface area (TPSA) is 94.9 Å². The van der Waals surface area contributed by atoms with Gasteiger partial charge in [-0.3, -0.25) is 13.9 Å². The molecule has 130 valence electrons. The number of nitrogen functional groups attached to an aromatic ring is 1. The number of hydrogen-bond acceptors (Lipinski definition) is 6. The van der Waals surface area contributed by atoms with Crippen LogP contribution in [0, 0.1) is 0 Å². The number of thiazole rings is 1. The third kappa shape index (κ3) is 3.08. The maximum absolute atomic E-state index is 12.8. The first-order valence-electron chi connectivity index (χ1n) is 7.87. The minimum absolute atomic E-state index is 0.136. The van der Waals surface area contributed by atoms with Gasteiger partial charge in [0.1, 0.15) is 11.4 Å². The molecule has 0 atom stereocenters. The summed E-state index contributed by atoms with van der Waals surface area (Å²) in [7, 11) is 1.76. The highest BCUT2D eigenvalue weighted by atomic mass is 32.1. The molecule has 0 bridgehead atoms. The monoisotopic (exact) mass is 357 g/mol. The minimum atomic E-state index is -0.415. The second-order valence-corrected chi connectivity index (χ2v) is 6.31. The van der Waals surface area contributed by atoms with Crippen LogP contribution in [-0.4, -0.2) is 21.2 Å². The minimum Gasteiger partial charge on any atom is -0.384 e. The number of benzene rings is 1. The lowest BCUT2D eigenvalue weighted by Crippen LogP contribution is -2.41. The van der Waals surface area contributed by atoms with Gasteiger partial charge in [-0.15, -0.1) is 11.3 Å². The van der Waals surface area contributed by atoms with Gasteiger partial charge in [-0.1, -0.05) is 30.3 Å². The fraction of sp³-hybridized carbons (Fsp3) is 0.235. The van der Waals surface area contributed by atoms with Crippen LogP contribution in [-0.2, 0) is 13.1 Å². The van der Waals surface area contributed by atoms with Crippen molar-refractivity contribution in [2.45, 2.75) is 20.0 Å². The van der Waals surface area contributed by atoms with E-state index in [2.05, 4.69) is 10.3 Å². The van der Waals surface area contributed by atoms with E-state index in [1.54, 1.807) is 19.4 Å². The zero-order valence-corrected chi connectivity index (χ0v) is 14.8. The Bertz CT molecular complexity index is 1000. The first-order valence-corrected chi connectivity index (χ1v) is 8.75. The van der Waals surface area contributed by atoms with Crippen molar-refractivity contribution in [3.63, 3.8) is 0 Å². The van der Waals surface area contributed by atoms with E-state index in [1.165, 1.54) is 20.5 Å². The average Bonchev–Trinajstić information content (AvgIpc) is 3.09. The van der Waals surface area contributed by atoms with E-state index in [9.17, 15) is 9.59 Å². The van der Waals surface area contributed by atoms with Crippen molar-refractivity contribution in [2.24, 2.45) is 0 Å². The molecule has 0 spiro atoms. The van der Waals surface area contributed by atoms with Crippen LogP contribution in [0.4, 0.5) is 10.9 Å². The van der Waals surface area contributed by atoms with Gasteiger partial charge < -0.3 is 11.1 Å². The number of anilines is 2. The van der Waals surface area contributed by atoms with Gasteiger partial charge in [0.05, 0.1) is 12.2 Å². The largest absolute Gasteiger partial charge is 0.384 e. The molecule has 3 aromatic rings. The van der Waals surface area contributed by atoms with E-state index in [0.29, 0.717) is 17.4 Å². The van der Waals surface area contributed by atoms with Crippen molar-refractivity contribution in [3.05, 3.63) is 62.1 Å². The van der Waals surface area contributed by atoms with Crippen LogP contribution in [0.5, 0.6) is 0 Å². The van der Waals surface area contributed by atoms with Crippen LogP contribution < -0.4 is 22.3 Å². The second-order valence-electron chi connectivity index (χ2n) is 5.45. The maximum Gasteiger partial charge on any atom is 0.332 e. The molecule has 2 aromatic heterocycles. The van der Waals surface area contributed by atoms with Gasteiger partial charge in [0.15, 0.2) is 5.13 Å². The number of nitrogens with two attached hydrogens (primary N) is 1. The standard InChI is InChI=1S/C17H19N5O2S/c1-3-21-15(23)13(12-10-25-16(19-2)20-12)14(18)22(17(21)24)9-11-7-5-4-6-8-11/h4-8,10H,3,9,18H2,1-2H3,(H,19,20). The SMILES string of the molecule is CCn1c(=O)c(-c2csc(NC)n2)c(N)n(Cc2ccccc2)c1=O. The van der Waals surface area contributed by atoms with Crippen LogP contribution in [0.3, 0.4) is 0 Å². The summed E-state index contributed by atoms with van der Waals surface area (Å²) >= 11 is 1.38. The Hall–Kier alpha value is -2.87. The Kier molecular flexibility index (Phi) is 4.71. The summed E-state index contributed by atoms with van der Waals surface area (Å²) in [6.45, 7) is 2.32. The lowest BCUT2D eigenvalue weighted by molar-refractivity contribution is 0.606.